The molecule has 1 aromatic carbocycles. The number of ether oxygens (including phenoxy) is 1. The van der Waals surface area contributed by atoms with Gasteiger partial charge in [0.2, 0.25) is 0 Å². The molecule has 4 nitrogen and oxygen atoms in total. The van der Waals surface area contributed by atoms with Gasteiger partial charge in [-0.15, -0.1) is 0 Å². The second-order valence-corrected chi connectivity index (χ2v) is 6.45. The lowest BCUT2D eigenvalue weighted by molar-refractivity contribution is -0.137. The molecule has 0 amide bonds. The molecule has 0 spiro atoms. The summed E-state index contributed by atoms with van der Waals surface area (Å²) in [5.74, 6) is 0.336. The van der Waals surface area contributed by atoms with Gasteiger partial charge in [-0.05, 0) is 43.0 Å². The van der Waals surface area contributed by atoms with Crippen molar-refractivity contribution in [2.24, 2.45) is 0 Å². The lowest BCUT2D eigenvalue weighted by atomic mass is 10.1. The molecule has 1 fully saturated rings. The van der Waals surface area contributed by atoms with Gasteiger partial charge in [0, 0.05) is 25.4 Å². The first kappa shape index (κ1) is 15.3. The second-order valence-electron chi connectivity index (χ2n) is 6.45. The third-order valence-corrected chi connectivity index (χ3v) is 4.82. The largest absolute Gasteiger partial charge is 0.493 e. The minimum Gasteiger partial charge on any atom is -0.493 e. The van der Waals surface area contributed by atoms with Crippen LogP contribution in [0.2, 0.25) is 0 Å². The number of benzene rings is 1. The van der Waals surface area contributed by atoms with Crippen LogP contribution in [0.4, 0.5) is 0 Å². The number of fused-ring (bicyclic) bond motifs is 1. The highest BCUT2D eigenvalue weighted by atomic mass is 16.5. The molecule has 4 heteroatoms. The van der Waals surface area contributed by atoms with Crippen LogP contribution in [0.15, 0.2) is 18.2 Å². The summed E-state index contributed by atoms with van der Waals surface area (Å²) in [5.41, 5.74) is 2.64. The van der Waals surface area contributed by atoms with Gasteiger partial charge < -0.3 is 9.84 Å². The number of rotatable bonds is 7. The van der Waals surface area contributed by atoms with Gasteiger partial charge in [-0.2, -0.15) is 0 Å². The van der Waals surface area contributed by atoms with Crippen molar-refractivity contribution in [3.63, 3.8) is 0 Å². The fourth-order valence-corrected chi connectivity index (χ4v) is 3.67. The van der Waals surface area contributed by atoms with E-state index in [1.165, 1.54) is 36.8 Å². The van der Waals surface area contributed by atoms with Crippen LogP contribution in [0.5, 0.6) is 5.75 Å². The molecule has 0 aromatic heterocycles. The SMILES string of the molecule is O=C(O)CCCN(Cc1ccc2c(c1)CCO2)C1CCCC1. The van der Waals surface area contributed by atoms with Crippen molar-refractivity contribution >= 4 is 5.97 Å². The summed E-state index contributed by atoms with van der Waals surface area (Å²) in [6.45, 7) is 2.60. The first-order valence-corrected chi connectivity index (χ1v) is 8.43. The molecular weight excluding hydrogens is 278 g/mol. The minimum absolute atomic E-state index is 0.265. The van der Waals surface area contributed by atoms with Crippen molar-refractivity contribution in [2.45, 2.75) is 57.5 Å². The van der Waals surface area contributed by atoms with Crippen LogP contribution in [-0.2, 0) is 17.8 Å². The predicted octanol–water partition coefficient (Wildman–Crippen LogP) is 3.23. The fraction of sp³-hybridized carbons (Fsp3) is 0.611. The maximum absolute atomic E-state index is 10.8. The first-order valence-electron chi connectivity index (χ1n) is 8.43. The second kappa shape index (κ2) is 7.14. The molecule has 120 valence electrons. The lowest BCUT2D eigenvalue weighted by Gasteiger charge is -2.29. The van der Waals surface area contributed by atoms with E-state index in [0.29, 0.717) is 6.04 Å². The smallest absolute Gasteiger partial charge is 0.303 e. The third kappa shape index (κ3) is 3.80. The maximum atomic E-state index is 10.8. The average Bonchev–Trinajstić information content (AvgIpc) is 3.17. The number of hydrogen-bond acceptors (Lipinski definition) is 3. The van der Waals surface area contributed by atoms with E-state index in [0.717, 1.165) is 38.3 Å². The Labute approximate surface area is 132 Å². The standard InChI is InChI=1S/C18H25NO3/c20-18(21)6-3-10-19(16-4-1-2-5-16)13-14-7-8-17-15(12-14)9-11-22-17/h7-8,12,16H,1-6,9-11,13H2,(H,20,21). The Bertz CT molecular complexity index is 523. The summed E-state index contributed by atoms with van der Waals surface area (Å²) in [5, 5.41) is 8.85. The molecule has 0 radical (unpaired) electrons. The van der Waals surface area contributed by atoms with E-state index in [2.05, 4.69) is 23.1 Å². The topological polar surface area (TPSA) is 49.8 Å². The van der Waals surface area contributed by atoms with Crippen molar-refractivity contribution in [3.8, 4) is 5.75 Å². The zero-order valence-corrected chi connectivity index (χ0v) is 13.1. The Hall–Kier alpha value is -1.55. The van der Waals surface area contributed by atoms with E-state index in [1.807, 2.05) is 0 Å². The zero-order valence-electron chi connectivity index (χ0n) is 13.1. The van der Waals surface area contributed by atoms with Crippen molar-refractivity contribution in [1.82, 2.24) is 4.90 Å². The molecule has 0 atom stereocenters. The van der Waals surface area contributed by atoms with Gasteiger partial charge in [0.1, 0.15) is 5.75 Å². The minimum atomic E-state index is -0.693. The zero-order chi connectivity index (χ0) is 15.4. The molecule has 1 aromatic rings. The number of nitrogens with zero attached hydrogens (tertiary/aromatic N) is 1. The normalized spacial score (nSPS) is 17.7. The molecule has 1 aliphatic carbocycles. The van der Waals surface area contributed by atoms with Crippen LogP contribution in [0.25, 0.3) is 0 Å². The summed E-state index contributed by atoms with van der Waals surface area (Å²) >= 11 is 0. The van der Waals surface area contributed by atoms with Crippen molar-refractivity contribution < 1.29 is 14.6 Å². The number of aliphatic carboxylic acids is 1. The van der Waals surface area contributed by atoms with Crippen LogP contribution in [0.3, 0.4) is 0 Å². The first-order chi connectivity index (χ1) is 10.7. The maximum Gasteiger partial charge on any atom is 0.303 e. The number of carboxylic acid groups (broad SMARTS) is 1. The highest BCUT2D eigenvalue weighted by Gasteiger charge is 2.23. The van der Waals surface area contributed by atoms with Crippen LogP contribution < -0.4 is 4.74 Å². The third-order valence-electron chi connectivity index (χ3n) is 4.82. The summed E-state index contributed by atoms with van der Waals surface area (Å²) in [7, 11) is 0. The van der Waals surface area contributed by atoms with Crippen LogP contribution in [-0.4, -0.2) is 35.2 Å². The van der Waals surface area contributed by atoms with Crippen LogP contribution in [0, 0.1) is 0 Å². The highest BCUT2D eigenvalue weighted by Crippen LogP contribution is 2.29. The molecule has 1 aliphatic heterocycles. The lowest BCUT2D eigenvalue weighted by Crippen LogP contribution is -2.33. The van der Waals surface area contributed by atoms with Crippen molar-refractivity contribution in [2.75, 3.05) is 13.2 Å². The van der Waals surface area contributed by atoms with Gasteiger partial charge in [-0.3, -0.25) is 9.69 Å². The monoisotopic (exact) mass is 303 g/mol. The number of carbonyl (C=O) groups is 1. The Kier molecular flexibility index (Phi) is 4.98. The molecule has 2 aliphatic rings. The molecular formula is C18H25NO3. The van der Waals surface area contributed by atoms with E-state index in [-0.39, 0.29) is 6.42 Å². The van der Waals surface area contributed by atoms with Gasteiger partial charge in [0.25, 0.3) is 0 Å². The Morgan fingerprint density at radius 1 is 1.32 bits per heavy atom. The van der Waals surface area contributed by atoms with E-state index in [1.54, 1.807) is 0 Å². The van der Waals surface area contributed by atoms with Crippen LogP contribution in [0.1, 0.15) is 49.7 Å². The molecule has 1 N–H and O–H groups in total. The van der Waals surface area contributed by atoms with Gasteiger partial charge in [0.15, 0.2) is 0 Å². The van der Waals surface area contributed by atoms with E-state index < -0.39 is 5.97 Å². The van der Waals surface area contributed by atoms with Gasteiger partial charge in [-0.25, -0.2) is 0 Å². The van der Waals surface area contributed by atoms with E-state index in [9.17, 15) is 4.79 Å². The van der Waals surface area contributed by atoms with Crippen molar-refractivity contribution in [3.05, 3.63) is 29.3 Å². The Morgan fingerprint density at radius 3 is 2.91 bits per heavy atom. The van der Waals surface area contributed by atoms with Crippen molar-refractivity contribution in [1.29, 1.82) is 0 Å². The number of carboxylic acids is 1. The van der Waals surface area contributed by atoms with Gasteiger partial charge >= 0.3 is 5.97 Å². The molecule has 1 heterocycles. The van der Waals surface area contributed by atoms with Gasteiger partial charge in [0.05, 0.1) is 6.61 Å². The average molecular weight is 303 g/mol. The molecule has 1 saturated carbocycles. The quantitative estimate of drug-likeness (QED) is 0.840. The van der Waals surface area contributed by atoms with E-state index >= 15 is 0 Å². The summed E-state index contributed by atoms with van der Waals surface area (Å²) in [4.78, 5) is 13.2. The summed E-state index contributed by atoms with van der Waals surface area (Å²) < 4.78 is 5.57. The van der Waals surface area contributed by atoms with E-state index in [4.69, 9.17) is 9.84 Å². The molecule has 0 saturated heterocycles. The fourth-order valence-electron chi connectivity index (χ4n) is 3.67. The summed E-state index contributed by atoms with van der Waals surface area (Å²) in [6, 6.07) is 7.13. The Balaban J connectivity index is 1.64. The number of hydrogen-bond donors (Lipinski definition) is 1. The predicted molar refractivity (Wildman–Crippen MR) is 85.2 cm³/mol. The Morgan fingerprint density at radius 2 is 2.14 bits per heavy atom. The van der Waals surface area contributed by atoms with Gasteiger partial charge in [-0.1, -0.05) is 25.0 Å². The molecule has 3 rings (SSSR count). The molecule has 0 unspecified atom stereocenters. The molecule has 22 heavy (non-hydrogen) atoms. The molecule has 0 bridgehead atoms. The highest BCUT2D eigenvalue weighted by molar-refractivity contribution is 5.66. The van der Waals surface area contributed by atoms with Crippen LogP contribution >= 0.6 is 0 Å². The summed E-state index contributed by atoms with van der Waals surface area (Å²) in [6.07, 6.45) is 7.12.